The second-order valence-electron chi connectivity index (χ2n) is 8.64. The topological polar surface area (TPSA) is 0 Å². The molecule has 2 fully saturated rings. The van der Waals surface area contributed by atoms with Gasteiger partial charge in [0.2, 0.25) is 0 Å². The molecule has 0 saturated heterocycles. The maximum absolute atomic E-state index is 2.35. The van der Waals surface area contributed by atoms with E-state index in [9.17, 15) is 0 Å². The second-order valence-corrected chi connectivity index (χ2v) is 8.64. The summed E-state index contributed by atoms with van der Waals surface area (Å²) >= 11 is 0. The van der Waals surface area contributed by atoms with Crippen molar-refractivity contribution in [2.24, 2.45) is 23.7 Å². The first-order valence-corrected chi connectivity index (χ1v) is 10.8. The molecule has 0 bridgehead atoms. The van der Waals surface area contributed by atoms with E-state index in [1.807, 2.05) is 0 Å². The lowest BCUT2D eigenvalue weighted by molar-refractivity contribution is 0.208. The molecule has 0 heteroatoms. The van der Waals surface area contributed by atoms with E-state index in [1.165, 1.54) is 38.5 Å². The van der Waals surface area contributed by atoms with Crippen LogP contribution in [-0.4, -0.2) is 0 Å². The highest BCUT2D eigenvalue weighted by molar-refractivity contribution is 4.76. The Hall–Kier alpha value is 0. The number of hydrogen-bond acceptors (Lipinski definition) is 0. The summed E-state index contributed by atoms with van der Waals surface area (Å²) in [7, 11) is 0. The molecule has 2 rings (SSSR count). The minimum absolute atomic E-state index is 1.08. The molecule has 0 N–H and O–H groups in total. The van der Waals surface area contributed by atoms with Crippen molar-refractivity contribution in [3.63, 3.8) is 0 Å². The molecule has 0 amide bonds. The highest BCUT2D eigenvalue weighted by Crippen LogP contribution is 2.38. The fourth-order valence-corrected chi connectivity index (χ4v) is 5.18. The Labute approximate surface area is 140 Å². The highest BCUT2D eigenvalue weighted by Gasteiger charge is 2.24. The van der Waals surface area contributed by atoms with Crippen molar-refractivity contribution in [2.75, 3.05) is 0 Å². The standard InChI is InChI=1S/C22H42/c1-3-5-6-8-20-11-15-22(16-12-20)18-17-21-13-9-19(7-4-2)10-14-21/h19-22H,3-18H2,1-2H3/t19-,20-,21-,22-. The predicted molar refractivity (Wildman–Crippen MR) is 99.2 cm³/mol. The SMILES string of the molecule is CCCCC[C@H]1CC[C@H](CC[C@H]2CC[C@H](CCC)CC2)CC1. The zero-order chi connectivity index (χ0) is 15.6. The van der Waals surface area contributed by atoms with Crippen LogP contribution in [0.25, 0.3) is 0 Å². The Balaban J connectivity index is 1.52. The lowest BCUT2D eigenvalue weighted by Gasteiger charge is -2.32. The van der Waals surface area contributed by atoms with Gasteiger partial charge in [-0.15, -0.1) is 0 Å². The molecule has 0 aromatic rings. The third-order valence-corrected chi connectivity index (χ3v) is 6.83. The molecule has 130 valence electrons. The van der Waals surface area contributed by atoms with Crippen LogP contribution >= 0.6 is 0 Å². The Morgan fingerprint density at radius 1 is 0.455 bits per heavy atom. The zero-order valence-corrected chi connectivity index (χ0v) is 15.6. The van der Waals surface area contributed by atoms with Gasteiger partial charge in [0, 0.05) is 0 Å². The molecule has 0 heterocycles. The largest absolute Gasteiger partial charge is 0.0654 e. The van der Waals surface area contributed by atoms with Crippen molar-refractivity contribution >= 4 is 0 Å². The summed E-state index contributed by atoms with van der Waals surface area (Å²) in [5.74, 6) is 4.36. The van der Waals surface area contributed by atoms with E-state index in [-0.39, 0.29) is 0 Å². The van der Waals surface area contributed by atoms with Crippen molar-refractivity contribution in [3.8, 4) is 0 Å². The second kappa shape index (κ2) is 10.7. The van der Waals surface area contributed by atoms with E-state index in [0.717, 1.165) is 23.7 Å². The van der Waals surface area contributed by atoms with Gasteiger partial charge in [0.05, 0.1) is 0 Å². The van der Waals surface area contributed by atoms with Gasteiger partial charge in [-0.05, 0) is 23.7 Å². The van der Waals surface area contributed by atoms with E-state index in [2.05, 4.69) is 13.8 Å². The van der Waals surface area contributed by atoms with E-state index in [4.69, 9.17) is 0 Å². The zero-order valence-electron chi connectivity index (χ0n) is 15.6. The molecular weight excluding hydrogens is 264 g/mol. The van der Waals surface area contributed by atoms with Crippen LogP contribution in [0.2, 0.25) is 0 Å². The Bertz CT molecular complexity index is 253. The quantitative estimate of drug-likeness (QED) is 0.382. The molecule has 0 aliphatic heterocycles. The summed E-state index contributed by atoms with van der Waals surface area (Å²) in [6.45, 7) is 4.68. The molecule has 0 aromatic heterocycles. The lowest BCUT2D eigenvalue weighted by atomic mass is 9.74. The van der Waals surface area contributed by atoms with Crippen LogP contribution in [0.1, 0.15) is 117 Å². The molecule has 22 heavy (non-hydrogen) atoms. The lowest BCUT2D eigenvalue weighted by Crippen LogP contribution is -2.18. The molecule has 0 atom stereocenters. The molecule has 0 nitrogen and oxygen atoms in total. The normalized spacial score (nSPS) is 33.0. The maximum atomic E-state index is 2.35. The smallest absolute Gasteiger partial charge is 0.0414 e. The van der Waals surface area contributed by atoms with Gasteiger partial charge in [0.1, 0.15) is 0 Å². The van der Waals surface area contributed by atoms with Crippen LogP contribution in [0.15, 0.2) is 0 Å². The summed E-state index contributed by atoms with van der Waals surface area (Å²) in [5.41, 5.74) is 0. The summed E-state index contributed by atoms with van der Waals surface area (Å²) in [5, 5.41) is 0. The molecule has 0 spiro atoms. The van der Waals surface area contributed by atoms with Gasteiger partial charge in [-0.1, -0.05) is 117 Å². The summed E-state index contributed by atoms with van der Waals surface area (Å²) in [4.78, 5) is 0. The summed E-state index contributed by atoms with van der Waals surface area (Å²) in [6.07, 6.45) is 24.3. The molecule has 0 aromatic carbocycles. The molecular formula is C22H42. The van der Waals surface area contributed by atoms with E-state index >= 15 is 0 Å². The van der Waals surface area contributed by atoms with E-state index < -0.39 is 0 Å². The van der Waals surface area contributed by atoms with Crippen LogP contribution in [0.5, 0.6) is 0 Å². The Kier molecular flexibility index (Phi) is 8.93. The highest BCUT2D eigenvalue weighted by atomic mass is 14.3. The van der Waals surface area contributed by atoms with E-state index in [1.54, 1.807) is 64.2 Å². The van der Waals surface area contributed by atoms with Gasteiger partial charge in [-0.3, -0.25) is 0 Å². The van der Waals surface area contributed by atoms with Crippen molar-refractivity contribution < 1.29 is 0 Å². The monoisotopic (exact) mass is 306 g/mol. The fraction of sp³-hybridized carbons (Fsp3) is 1.00. The summed E-state index contributed by atoms with van der Waals surface area (Å²) < 4.78 is 0. The average molecular weight is 307 g/mol. The fourth-order valence-electron chi connectivity index (χ4n) is 5.18. The number of hydrogen-bond donors (Lipinski definition) is 0. The number of unbranched alkanes of at least 4 members (excludes halogenated alkanes) is 2. The molecule has 2 aliphatic rings. The molecule has 0 radical (unpaired) electrons. The molecule has 2 saturated carbocycles. The van der Waals surface area contributed by atoms with Gasteiger partial charge in [0.25, 0.3) is 0 Å². The van der Waals surface area contributed by atoms with Crippen LogP contribution in [-0.2, 0) is 0 Å². The van der Waals surface area contributed by atoms with Crippen LogP contribution in [0.3, 0.4) is 0 Å². The minimum atomic E-state index is 1.08. The van der Waals surface area contributed by atoms with Crippen molar-refractivity contribution in [1.29, 1.82) is 0 Å². The maximum Gasteiger partial charge on any atom is -0.0414 e. The first-order valence-electron chi connectivity index (χ1n) is 10.8. The summed E-state index contributed by atoms with van der Waals surface area (Å²) in [6, 6.07) is 0. The minimum Gasteiger partial charge on any atom is -0.0654 e. The predicted octanol–water partition coefficient (Wildman–Crippen LogP) is 7.76. The third-order valence-electron chi connectivity index (χ3n) is 6.83. The molecule has 2 aliphatic carbocycles. The van der Waals surface area contributed by atoms with Crippen LogP contribution < -0.4 is 0 Å². The van der Waals surface area contributed by atoms with Crippen molar-refractivity contribution in [2.45, 2.75) is 117 Å². The van der Waals surface area contributed by atoms with Gasteiger partial charge < -0.3 is 0 Å². The van der Waals surface area contributed by atoms with Crippen molar-refractivity contribution in [3.05, 3.63) is 0 Å². The Morgan fingerprint density at radius 3 is 1.27 bits per heavy atom. The number of rotatable bonds is 9. The van der Waals surface area contributed by atoms with E-state index in [0.29, 0.717) is 0 Å². The Morgan fingerprint density at radius 2 is 0.864 bits per heavy atom. The third kappa shape index (κ3) is 6.63. The average Bonchev–Trinajstić information content (AvgIpc) is 2.56. The van der Waals surface area contributed by atoms with Gasteiger partial charge in [-0.2, -0.15) is 0 Å². The van der Waals surface area contributed by atoms with Crippen LogP contribution in [0.4, 0.5) is 0 Å². The first kappa shape index (κ1) is 18.3. The van der Waals surface area contributed by atoms with Gasteiger partial charge in [0.15, 0.2) is 0 Å². The molecule has 0 unspecified atom stereocenters. The van der Waals surface area contributed by atoms with Gasteiger partial charge >= 0.3 is 0 Å². The first-order chi connectivity index (χ1) is 10.8. The van der Waals surface area contributed by atoms with Gasteiger partial charge in [-0.25, -0.2) is 0 Å². The van der Waals surface area contributed by atoms with Crippen LogP contribution in [0, 0.1) is 23.7 Å². The van der Waals surface area contributed by atoms with Crippen molar-refractivity contribution in [1.82, 2.24) is 0 Å².